The van der Waals surface area contributed by atoms with Crippen LogP contribution in [0.1, 0.15) is 0 Å². The van der Waals surface area contributed by atoms with Gasteiger partial charge in [-0.2, -0.15) is 0 Å². The molecule has 126 heavy (non-hydrogen) atoms. The van der Waals surface area contributed by atoms with Crippen molar-refractivity contribution >= 4 is 99.3 Å². The van der Waals surface area contributed by atoms with Crippen LogP contribution in [0.4, 0.5) is 34.1 Å². The van der Waals surface area contributed by atoms with Crippen LogP contribution in [0.15, 0.2) is 497 Å². The molecule has 0 bridgehead atoms. The van der Waals surface area contributed by atoms with E-state index >= 15 is 0 Å². The Morgan fingerprint density at radius 2 is 0.286 bits per heavy atom. The number of hydrogen-bond donors (Lipinski definition) is 0. The van der Waals surface area contributed by atoms with Gasteiger partial charge < -0.3 is 18.9 Å². The van der Waals surface area contributed by atoms with Gasteiger partial charge in [-0.1, -0.05) is 352 Å². The van der Waals surface area contributed by atoms with E-state index in [1.165, 1.54) is 143 Å². The molecule has 0 atom stereocenters. The minimum atomic E-state index is 1.06. The number of rotatable bonds is 18. The SMILES string of the molecule is c1ccc(-c2ccc(-c3ccc4c(c3)c3cc(-c5ccc(-c6ccccc6)cc5)ccc3n4-c3ccc(N(c4ccccc4)c4ccc(-c5c6ccccc6c(-c6ccc(N(c7ccccc7)c7ccc(-n8c9ccc(-c%10ccc(-c%11ccccc%11)cc%10)cc9c9cc(-c%10ccc(-c%11ccccc%11)cc%10)ccc98)cc7)cc6)c6ccccc56)cc4)cc3)cc2)cc1. The maximum absolute atomic E-state index is 2.44. The molecular formula is C122H82N4. The third kappa shape index (κ3) is 13.7. The van der Waals surface area contributed by atoms with E-state index in [1.807, 2.05) is 0 Å². The van der Waals surface area contributed by atoms with Gasteiger partial charge in [-0.3, -0.25) is 0 Å². The molecule has 590 valence electrons. The van der Waals surface area contributed by atoms with Crippen LogP contribution in [-0.4, -0.2) is 9.13 Å². The van der Waals surface area contributed by atoms with Gasteiger partial charge in [0.15, 0.2) is 0 Å². The molecule has 0 aliphatic carbocycles. The number of hydrogen-bond acceptors (Lipinski definition) is 2. The van der Waals surface area contributed by atoms with Crippen molar-refractivity contribution in [1.82, 2.24) is 9.13 Å². The van der Waals surface area contributed by atoms with Crippen molar-refractivity contribution in [2.75, 3.05) is 9.80 Å². The lowest BCUT2D eigenvalue weighted by molar-refractivity contribution is 1.17. The summed E-state index contributed by atoms with van der Waals surface area (Å²) in [5.41, 5.74) is 36.9. The molecule has 0 fully saturated rings. The summed E-state index contributed by atoms with van der Waals surface area (Å²) >= 11 is 0. The minimum Gasteiger partial charge on any atom is -0.311 e. The highest BCUT2D eigenvalue weighted by Crippen LogP contribution is 2.49. The predicted octanol–water partition coefficient (Wildman–Crippen LogP) is 33.8. The maximum Gasteiger partial charge on any atom is 0.0541 e. The van der Waals surface area contributed by atoms with Crippen molar-refractivity contribution in [3.63, 3.8) is 0 Å². The summed E-state index contributed by atoms with van der Waals surface area (Å²) in [6, 6.07) is 183. The monoisotopic (exact) mass is 1600 g/mol. The average Bonchev–Trinajstić information content (AvgIpc) is 1.25. The molecule has 0 aliphatic heterocycles. The smallest absolute Gasteiger partial charge is 0.0541 e. The number of anilines is 6. The lowest BCUT2D eigenvalue weighted by atomic mass is 9.86. The Labute approximate surface area is 733 Å². The van der Waals surface area contributed by atoms with E-state index in [2.05, 4.69) is 516 Å². The zero-order valence-electron chi connectivity index (χ0n) is 69.1. The van der Waals surface area contributed by atoms with Crippen molar-refractivity contribution < 1.29 is 0 Å². The second-order valence-electron chi connectivity index (χ2n) is 32.7. The first-order valence-corrected chi connectivity index (χ1v) is 43.3. The van der Waals surface area contributed by atoms with Crippen molar-refractivity contribution in [2.45, 2.75) is 0 Å². The summed E-state index contributed by atoms with van der Waals surface area (Å²) in [4.78, 5) is 4.75. The molecular weight excluding hydrogens is 1520 g/mol. The first-order valence-electron chi connectivity index (χ1n) is 43.3. The molecule has 21 aromatic carbocycles. The average molecular weight is 1600 g/mol. The van der Waals surface area contributed by atoms with Gasteiger partial charge in [-0.25, -0.2) is 0 Å². The molecule has 0 N–H and O–H groups in total. The summed E-state index contributed by atoms with van der Waals surface area (Å²) in [6.45, 7) is 0. The fourth-order valence-corrected chi connectivity index (χ4v) is 19.1. The van der Waals surface area contributed by atoms with Gasteiger partial charge in [0.2, 0.25) is 0 Å². The predicted molar refractivity (Wildman–Crippen MR) is 534 cm³/mol. The Hall–Kier alpha value is -16.7. The second kappa shape index (κ2) is 32.1. The Morgan fingerprint density at radius 3 is 0.516 bits per heavy atom. The molecule has 0 aliphatic rings. The van der Waals surface area contributed by atoms with Gasteiger partial charge in [0.05, 0.1) is 22.1 Å². The Kier molecular flexibility index (Phi) is 18.9. The van der Waals surface area contributed by atoms with Crippen LogP contribution in [0.2, 0.25) is 0 Å². The van der Waals surface area contributed by atoms with Crippen LogP contribution in [0, 0.1) is 0 Å². The molecule has 0 saturated carbocycles. The van der Waals surface area contributed by atoms with E-state index in [0.29, 0.717) is 0 Å². The molecule has 0 spiro atoms. The van der Waals surface area contributed by atoms with E-state index in [1.54, 1.807) is 0 Å². The third-order valence-corrected chi connectivity index (χ3v) is 25.4. The largest absolute Gasteiger partial charge is 0.311 e. The van der Waals surface area contributed by atoms with Gasteiger partial charge >= 0.3 is 0 Å². The van der Waals surface area contributed by atoms with Crippen LogP contribution >= 0.6 is 0 Å². The lowest BCUT2D eigenvalue weighted by Gasteiger charge is -2.26. The van der Waals surface area contributed by atoms with Crippen molar-refractivity contribution in [1.29, 1.82) is 0 Å². The molecule has 0 radical (unpaired) electrons. The van der Waals surface area contributed by atoms with E-state index < -0.39 is 0 Å². The van der Waals surface area contributed by atoms with E-state index in [-0.39, 0.29) is 0 Å². The number of aromatic nitrogens is 2. The maximum atomic E-state index is 2.44. The highest BCUT2D eigenvalue weighted by molar-refractivity contribution is 6.22. The Bertz CT molecular complexity index is 7120. The fraction of sp³-hybridized carbons (Fsp3) is 0. The van der Waals surface area contributed by atoms with E-state index in [4.69, 9.17) is 0 Å². The first-order chi connectivity index (χ1) is 62.5. The van der Waals surface area contributed by atoms with Gasteiger partial charge in [0.25, 0.3) is 0 Å². The van der Waals surface area contributed by atoms with Crippen molar-refractivity contribution in [2.24, 2.45) is 0 Å². The molecule has 23 aromatic rings. The zero-order chi connectivity index (χ0) is 83.4. The molecule has 23 rings (SSSR count). The number of para-hydroxylation sites is 2. The van der Waals surface area contributed by atoms with Gasteiger partial charge in [0, 0.05) is 67.0 Å². The summed E-state index contributed by atoms with van der Waals surface area (Å²) in [5, 5.41) is 9.60. The molecule has 0 amide bonds. The normalized spacial score (nSPS) is 11.5. The number of benzene rings is 21. The minimum absolute atomic E-state index is 1.06. The lowest BCUT2D eigenvalue weighted by Crippen LogP contribution is -2.10. The highest BCUT2D eigenvalue weighted by atomic mass is 15.1. The summed E-state index contributed by atoms with van der Waals surface area (Å²) < 4.78 is 4.87. The zero-order valence-corrected chi connectivity index (χ0v) is 69.1. The van der Waals surface area contributed by atoms with E-state index in [0.717, 1.165) is 78.7 Å². The summed E-state index contributed by atoms with van der Waals surface area (Å²) in [7, 11) is 0. The van der Waals surface area contributed by atoms with Crippen LogP contribution in [0.3, 0.4) is 0 Å². The van der Waals surface area contributed by atoms with Gasteiger partial charge in [-0.05, 0) is 278 Å². The Morgan fingerprint density at radius 1 is 0.119 bits per heavy atom. The second-order valence-corrected chi connectivity index (χ2v) is 32.7. The van der Waals surface area contributed by atoms with Crippen LogP contribution in [0.25, 0.3) is 188 Å². The van der Waals surface area contributed by atoms with E-state index in [9.17, 15) is 0 Å². The van der Waals surface area contributed by atoms with Crippen LogP contribution in [-0.2, 0) is 0 Å². The van der Waals surface area contributed by atoms with Crippen LogP contribution < -0.4 is 9.80 Å². The molecule has 4 nitrogen and oxygen atoms in total. The third-order valence-electron chi connectivity index (χ3n) is 25.4. The molecule has 2 heterocycles. The molecule has 0 saturated heterocycles. The van der Waals surface area contributed by atoms with Crippen LogP contribution in [0.5, 0.6) is 0 Å². The molecule has 4 heteroatoms. The highest BCUT2D eigenvalue weighted by Gasteiger charge is 2.24. The summed E-state index contributed by atoms with van der Waals surface area (Å²) in [5.74, 6) is 0. The molecule has 0 unspecified atom stereocenters. The van der Waals surface area contributed by atoms with Crippen molar-refractivity contribution in [3.8, 4) is 123 Å². The van der Waals surface area contributed by atoms with Gasteiger partial charge in [0.1, 0.15) is 0 Å². The number of nitrogens with zero attached hydrogens (tertiary/aromatic N) is 4. The first kappa shape index (κ1) is 74.4. The standard InChI is InChI=1S/C122H82N4/c1-7-23-83(24-8-1)87-39-47-91(48-40-87)97-59-75-117-113(79-97)114-80-98(92-49-41-88(42-50-92)84-25-9-2-10-26-84)60-76-118(114)125(117)107-71-67-105(68-72-107)123(101-31-15-5-16-32-101)103-63-55-95(56-64-103)121-109-35-19-21-37-111(109)122(112-38-22-20-36-110(112)121)96-57-65-104(66-58-96)124(102-33-17-6-18-34-102)106-69-73-108(74-70-106)126-119-77-61-99(93-51-43-89(44-52-93)85-27-11-3-12-28-85)81-115(119)116-82-100(62-78-120(116)126)94-53-45-90(46-54-94)86-29-13-4-14-30-86/h1-82H. The Balaban J connectivity index is 0.563. The number of fused-ring (bicyclic) bond motifs is 8. The quantitative estimate of drug-likeness (QED) is 0.0796. The summed E-state index contributed by atoms with van der Waals surface area (Å²) in [6.07, 6.45) is 0. The van der Waals surface area contributed by atoms with Crippen molar-refractivity contribution in [3.05, 3.63) is 497 Å². The topological polar surface area (TPSA) is 16.3 Å². The van der Waals surface area contributed by atoms with Gasteiger partial charge in [-0.15, -0.1) is 0 Å². The fourth-order valence-electron chi connectivity index (χ4n) is 19.1. The molecule has 2 aromatic heterocycles.